The van der Waals surface area contributed by atoms with Crippen molar-refractivity contribution in [3.05, 3.63) is 53.0 Å². The average molecular weight is 428 g/mol. The summed E-state index contributed by atoms with van der Waals surface area (Å²) in [6, 6.07) is 2.93. The van der Waals surface area contributed by atoms with E-state index in [0.29, 0.717) is 29.7 Å². The monoisotopic (exact) mass is 428 g/mol. The molecule has 2 aromatic rings. The molecule has 31 heavy (non-hydrogen) atoms. The van der Waals surface area contributed by atoms with Gasteiger partial charge in [-0.1, -0.05) is 0 Å². The first kappa shape index (κ1) is 20.8. The van der Waals surface area contributed by atoms with E-state index in [0.717, 1.165) is 16.5 Å². The molecular formula is C22H22F2N4O3. The van der Waals surface area contributed by atoms with E-state index in [2.05, 4.69) is 9.98 Å². The number of hydrogen-bond donors (Lipinski definition) is 1. The summed E-state index contributed by atoms with van der Waals surface area (Å²) in [5.41, 5.74) is 7.08. The number of methoxy groups -OCH3 is 2. The van der Waals surface area contributed by atoms with Crippen molar-refractivity contribution in [1.29, 1.82) is 0 Å². The molecule has 0 bridgehead atoms. The van der Waals surface area contributed by atoms with Gasteiger partial charge in [0.15, 0.2) is 23.1 Å². The van der Waals surface area contributed by atoms with Gasteiger partial charge in [-0.3, -0.25) is 14.8 Å². The summed E-state index contributed by atoms with van der Waals surface area (Å²) in [5.74, 6) is -2.69. The largest absolute Gasteiger partial charge is 0.493 e. The van der Waals surface area contributed by atoms with Crippen LogP contribution in [-0.4, -0.2) is 38.4 Å². The van der Waals surface area contributed by atoms with Gasteiger partial charge in [0.2, 0.25) is 5.91 Å². The third kappa shape index (κ3) is 3.11. The lowest BCUT2D eigenvalue weighted by Crippen LogP contribution is -2.45. The van der Waals surface area contributed by atoms with Crippen molar-refractivity contribution < 1.29 is 23.0 Å². The Morgan fingerprint density at radius 2 is 1.87 bits per heavy atom. The van der Waals surface area contributed by atoms with Crippen LogP contribution in [0.3, 0.4) is 0 Å². The number of carbonyl (C=O) groups excluding carboxylic acids is 1. The Kier molecular flexibility index (Phi) is 5.12. The Hall–Kier alpha value is -3.49. The molecule has 2 heterocycles. The van der Waals surface area contributed by atoms with Gasteiger partial charge in [0.05, 0.1) is 31.9 Å². The minimum absolute atomic E-state index is 0.0309. The lowest BCUT2D eigenvalue weighted by molar-refractivity contribution is -0.121. The Bertz CT molecular complexity index is 1100. The highest BCUT2D eigenvalue weighted by Crippen LogP contribution is 2.55. The molecule has 9 heteroatoms. The topological polar surface area (TPSA) is 90.0 Å². The van der Waals surface area contributed by atoms with Crippen molar-refractivity contribution in [2.24, 2.45) is 10.7 Å². The SMILES string of the molecule is CN=CC(=CN)c1cc2c(cn1)CN(c1c(F)c(OC)cc(OC)c1F)C(=O)C21CC1. The Balaban J connectivity index is 1.85. The first-order chi connectivity index (χ1) is 14.9. The van der Waals surface area contributed by atoms with Gasteiger partial charge in [-0.05, 0) is 30.0 Å². The smallest absolute Gasteiger partial charge is 0.238 e. The van der Waals surface area contributed by atoms with Gasteiger partial charge >= 0.3 is 0 Å². The zero-order valence-corrected chi connectivity index (χ0v) is 17.4. The fourth-order valence-electron chi connectivity index (χ4n) is 4.06. The molecule has 1 aliphatic heterocycles. The predicted octanol–water partition coefficient (Wildman–Crippen LogP) is 2.96. The number of ether oxygens (including phenoxy) is 2. The molecule has 4 rings (SSSR count). The minimum atomic E-state index is -0.953. The zero-order valence-electron chi connectivity index (χ0n) is 17.4. The number of nitrogens with two attached hydrogens (primary N) is 1. The van der Waals surface area contributed by atoms with Gasteiger partial charge in [-0.25, -0.2) is 8.78 Å². The predicted molar refractivity (Wildman–Crippen MR) is 112 cm³/mol. The van der Waals surface area contributed by atoms with E-state index in [1.54, 1.807) is 19.5 Å². The number of nitrogens with zero attached hydrogens (tertiary/aromatic N) is 3. The molecule has 1 fully saturated rings. The van der Waals surface area contributed by atoms with Gasteiger partial charge < -0.3 is 20.1 Å². The van der Waals surface area contributed by atoms with Crippen molar-refractivity contribution in [2.75, 3.05) is 26.2 Å². The summed E-state index contributed by atoms with van der Waals surface area (Å²) in [6.45, 7) is -0.0309. The molecule has 1 aromatic heterocycles. The second-order valence-corrected chi connectivity index (χ2v) is 7.47. The van der Waals surface area contributed by atoms with Crippen LogP contribution in [0.2, 0.25) is 0 Å². The maximum absolute atomic E-state index is 15.1. The number of aliphatic imine (C=N–C) groups is 1. The second-order valence-electron chi connectivity index (χ2n) is 7.47. The summed E-state index contributed by atoms with van der Waals surface area (Å²) in [7, 11) is 4.16. The van der Waals surface area contributed by atoms with E-state index in [-0.39, 0.29) is 24.0 Å². The van der Waals surface area contributed by atoms with Crippen LogP contribution in [0.15, 0.2) is 29.5 Å². The molecule has 0 saturated heterocycles. The first-order valence-electron chi connectivity index (χ1n) is 9.67. The van der Waals surface area contributed by atoms with Crippen LogP contribution >= 0.6 is 0 Å². The first-order valence-corrected chi connectivity index (χ1v) is 9.67. The van der Waals surface area contributed by atoms with Gasteiger partial charge in [-0.2, -0.15) is 0 Å². The number of carbonyl (C=O) groups is 1. The summed E-state index contributed by atoms with van der Waals surface area (Å²) >= 11 is 0. The van der Waals surface area contributed by atoms with E-state index in [1.165, 1.54) is 20.4 Å². The van der Waals surface area contributed by atoms with Crippen LogP contribution in [0, 0.1) is 11.6 Å². The van der Waals surface area contributed by atoms with E-state index in [1.807, 2.05) is 6.07 Å². The van der Waals surface area contributed by atoms with Crippen LogP contribution in [0.25, 0.3) is 5.57 Å². The molecule has 1 aliphatic carbocycles. The standard InChI is InChI=1S/C22H22F2N4O3/c1-26-9-12(8-25)15-6-14-13(10-27-15)11-28(21(29)22(14)4-5-22)20-18(23)16(30-2)7-17(31-3)19(20)24/h6-10H,4-5,11,25H2,1-3H3. The third-order valence-electron chi connectivity index (χ3n) is 5.80. The van der Waals surface area contributed by atoms with Gasteiger partial charge in [0.25, 0.3) is 0 Å². The zero-order chi connectivity index (χ0) is 22.3. The summed E-state index contributed by atoms with van der Waals surface area (Å²) < 4.78 is 40.2. The molecule has 0 unspecified atom stereocenters. The number of hydrogen-bond acceptors (Lipinski definition) is 6. The average Bonchev–Trinajstić information content (AvgIpc) is 3.57. The molecule has 1 amide bonds. The number of rotatable bonds is 5. The number of pyridine rings is 1. The number of allylic oxidation sites excluding steroid dienone is 1. The molecule has 2 N–H and O–H groups in total. The van der Waals surface area contributed by atoms with Crippen LogP contribution in [0.4, 0.5) is 14.5 Å². The highest BCUT2D eigenvalue weighted by atomic mass is 19.1. The van der Waals surface area contributed by atoms with Gasteiger partial charge in [0.1, 0.15) is 5.69 Å². The van der Waals surface area contributed by atoms with Crippen molar-refractivity contribution in [3.8, 4) is 11.5 Å². The number of amides is 1. The molecule has 1 spiro atoms. The highest BCUT2D eigenvalue weighted by Gasteiger charge is 2.57. The minimum Gasteiger partial charge on any atom is -0.493 e. The number of anilines is 1. The maximum atomic E-state index is 15.1. The van der Waals surface area contributed by atoms with Crippen molar-refractivity contribution in [3.63, 3.8) is 0 Å². The lowest BCUT2D eigenvalue weighted by atomic mass is 9.86. The Morgan fingerprint density at radius 1 is 1.23 bits per heavy atom. The summed E-state index contributed by atoms with van der Waals surface area (Å²) in [5, 5.41) is 0. The quantitative estimate of drug-likeness (QED) is 0.740. The van der Waals surface area contributed by atoms with E-state index >= 15 is 8.78 Å². The van der Waals surface area contributed by atoms with Gasteiger partial charge in [0, 0.05) is 37.3 Å². The second kappa shape index (κ2) is 7.64. The molecular weight excluding hydrogens is 406 g/mol. The highest BCUT2D eigenvalue weighted by molar-refractivity contribution is 6.09. The van der Waals surface area contributed by atoms with E-state index < -0.39 is 22.7 Å². The molecule has 0 atom stereocenters. The molecule has 0 radical (unpaired) electrons. The molecule has 2 aliphatic rings. The third-order valence-corrected chi connectivity index (χ3v) is 5.80. The fraction of sp³-hybridized carbons (Fsp3) is 0.318. The van der Waals surface area contributed by atoms with Gasteiger partial charge in [-0.15, -0.1) is 0 Å². The van der Waals surface area contributed by atoms with Crippen LogP contribution in [0.5, 0.6) is 11.5 Å². The van der Waals surface area contributed by atoms with Crippen LogP contribution < -0.4 is 20.1 Å². The van der Waals surface area contributed by atoms with E-state index in [9.17, 15) is 4.79 Å². The fourth-order valence-corrected chi connectivity index (χ4v) is 4.06. The normalized spacial score (nSPS) is 17.3. The van der Waals surface area contributed by atoms with Crippen LogP contribution in [-0.2, 0) is 16.8 Å². The number of benzene rings is 1. The Labute approximate surface area is 178 Å². The van der Waals surface area contributed by atoms with Crippen molar-refractivity contribution >= 4 is 23.4 Å². The molecule has 1 saturated carbocycles. The number of aromatic nitrogens is 1. The molecule has 7 nitrogen and oxygen atoms in total. The maximum Gasteiger partial charge on any atom is 0.238 e. The number of halogens is 2. The molecule has 162 valence electrons. The summed E-state index contributed by atoms with van der Waals surface area (Å²) in [4.78, 5) is 23.0. The van der Waals surface area contributed by atoms with Crippen molar-refractivity contribution in [1.82, 2.24) is 4.98 Å². The Morgan fingerprint density at radius 3 is 2.39 bits per heavy atom. The lowest BCUT2D eigenvalue weighted by Gasteiger charge is -2.35. The summed E-state index contributed by atoms with van der Waals surface area (Å²) in [6.07, 6.45) is 5.74. The molecule has 1 aromatic carbocycles. The number of fused-ring (bicyclic) bond motifs is 2. The van der Waals surface area contributed by atoms with Crippen LogP contribution in [0.1, 0.15) is 29.7 Å². The van der Waals surface area contributed by atoms with E-state index in [4.69, 9.17) is 15.2 Å². The van der Waals surface area contributed by atoms with Crippen molar-refractivity contribution in [2.45, 2.75) is 24.8 Å².